The molecule has 17 heteroatoms. The van der Waals surface area contributed by atoms with Crippen LogP contribution in [0.1, 0.15) is 104 Å². The van der Waals surface area contributed by atoms with Crippen LogP contribution in [-0.2, 0) is 41.6 Å². The maximum Gasteiger partial charge on any atom is 0.316 e. The SMILES string of the molecule is CNC(=O)[C@@H](C)CC(=O)[C@@H]1CCCN1C(=O)[C@H](CCCCN(C)C(C)C)CC(=O)[C@H](CC(C)C)NC(=O)[C@H](CC(=O)[C@H](Cc1ccc([N+](=O)[O-])cc1)NC)Cc1ccc(NC(N)=O)cc1. The van der Waals surface area contributed by atoms with Crippen LogP contribution in [0.2, 0.25) is 0 Å². The summed E-state index contributed by atoms with van der Waals surface area (Å²) >= 11 is 0. The van der Waals surface area contributed by atoms with Crippen molar-refractivity contribution in [2.24, 2.45) is 29.4 Å². The summed E-state index contributed by atoms with van der Waals surface area (Å²) in [5.74, 6) is -4.11. The lowest BCUT2D eigenvalue weighted by atomic mass is 9.87. The normalized spacial score (nSPS) is 16.1. The molecule has 0 unspecified atom stereocenters. The third-order valence-corrected chi connectivity index (χ3v) is 12.4. The van der Waals surface area contributed by atoms with Crippen LogP contribution in [0.5, 0.6) is 0 Å². The molecule has 0 aromatic heterocycles. The molecule has 358 valence electrons. The molecule has 0 spiro atoms. The molecule has 1 aliphatic heterocycles. The molecular formula is C48H72N8O9. The number of nitrogens with one attached hydrogen (secondary N) is 4. The third kappa shape index (κ3) is 17.4. The fourth-order valence-electron chi connectivity index (χ4n) is 8.28. The highest BCUT2D eigenvalue weighted by Gasteiger charge is 2.39. The van der Waals surface area contributed by atoms with E-state index in [2.05, 4.69) is 40.0 Å². The first-order valence-electron chi connectivity index (χ1n) is 22.9. The van der Waals surface area contributed by atoms with Gasteiger partial charge in [-0.25, -0.2) is 4.79 Å². The van der Waals surface area contributed by atoms with Gasteiger partial charge in [0, 0.05) is 74.5 Å². The lowest BCUT2D eigenvalue weighted by molar-refractivity contribution is -0.384. The zero-order chi connectivity index (χ0) is 48.4. The lowest BCUT2D eigenvalue weighted by Crippen LogP contribution is -2.48. The molecule has 17 nitrogen and oxygen atoms in total. The summed E-state index contributed by atoms with van der Waals surface area (Å²) in [5.41, 5.74) is 7.02. The number of likely N-dealkylation sites (tertiary alicyclic amines) is 1. The number of ketones is 3. The van der Waals surface area contributed by atoms with Gasteiger partial charge >= 0.3 is 6.03 Å². The standard InChI is InChI=1S/C48H72N8O9/c1-30(2)24-40(43(58)28-35(12-9-10-22-54(8)31(3)4)47(62)55-23-11-13-41(55)44(59)25-32(5)45(60)51-7)53-46(61)36(26-33-14-18-37(19-15-33)52-48(49)63)29-42(57)39(50-6)27-34-16-20-38(21-17-34)56(64)65/h14-21,30-32,35-36,39-41,50H,9-13,22-29H2,1-8H3,(H,51,60)(H,53,61)(H3,49,52,63)/t32-,35+,36-,39-,40-,41-/m0/s1. The molecule has 65 heavy (non-hydrogen) atoms. The van der Waals surface area contributed by atoms with E-state index in [9.17, 15) is 43.7 Å². The van der Waals surface area contributed by atoms with Gasteiger partial charge in [-0.1, -0.05) is 51.5 Å². The molecule has 6 atom stereocenters. The average molecular weight is 905 g/mol. The molecule has 0 radical (unpaired) electrons. The van der Waals surface area contributed by atoms with Crippen LogP contribution >= 0.6 is 0 Å². The summed E-state index contributed by atoms with van der Waals surface area (Å²) in [6.45, 7) is 10.9. The predicted octanol–water partition coefficient (Wildman–Crippen LogP) is 4.98. The van der Waals surface area contributed by atoms with Gasteiger partial charge in [-0.2, -0.15) is 0 Å². The number of nitrogens with zero attached hydrogens (tertiary/aromatic N) is 3. The number of unbranched alkanes of at least 4 members (excludes halogenated alkanes) is 1. The topological polar surface area (TPSA) is 243 Å². The number of urea groups is 1. The van der Waals surface area contributed by atoms with E-state index in [-0.39, 0.29) is 79.3 Å². The minimum absolute atomic E-state index is 0.00800. The van der Waals surface area contributed by atoms with Crippen LogP contribution in [0.25, 0.3) is 0 Å². The fraction of sp³-hybridized carbons (Fsp3) is 0.604. The Labute approximate surface area is 383 Å². The summed E-state index contributed by atoms with van der Waals surface area (Å²) in [7, 11) is 5.17. The highest BCUT2D eigenvalue weighted by atomic mass is 16.6. The van der Waals surface area contributed by atoms with Gasteiger partial charge in [0.1, 0.15) is 0 Å². The van der Waals surface area contributed by atoms with Gasteiger partial charge in [0.2, 0.25) is 17.7 Å². The Morgan fingerprint density at radius 3 is 1.98 bits per heavy atom. The molecule has 0 aliphatic carbocycles. The van der Waals surface area contributed by atoms with Crippen molar-refractivity contribution >= 4 is 52.5 Å². The van der Waals surface area contributed by atoms with E-state index < -0.39 is 52.7 Å². The maximum absolute atomic E-state index is 14.5. The number of nitro benzene ring substituents is 1. The highest BCUT2D eigenvalue weighted by molar-refractivity contribution is 5.97. The number of non-ortho nitro benzene ring substituents is 1. The van der Waals surface area contributed by atoms with E-state index >= 15 is 0 Å². The number of anilines is 1. The molecule has 1 heterocycles. The predicted molar refractivity (Wildman–Crippen MR) is 250 cm³/mol. The second-order valence-corrected chi connectivity index (χ2v) is 18.2. The Morgan fingerprint density at radius 2 is 1.42 bits per heavy atom. The number of hydrogen-bond donors (Lipinski definition) is 5. The number of amides is 5. The number of carbonyl (C=O) groups is 7. The Bertz CT molecular complexity index is 1940. The Balaban J connectivity index is 1.91. The number of benzene rings is 2. The molecule has 5 amide bonds. The quantitative estimate of drug-likeness (QED) is 0.0433. The Kier molecular flexibility index (Phi) is 21.9. The second kappa shape index (κ2) is 26.4. The monoisotopic (exact) mass is 905 g/mol. The zero-order valence-electron chi connectivity index (χ0n) is 39.5. The molecular weight excluding hydrogens is 833 g/mol. The van der Waals surface area contributed by atoms with Gasteiger partial charge < -0.3 is 36.8 Å². The van der Waals surface area contributed by atoms with E-state index in [4.69, 9.17) is 5.73 Å². The zero-order valence-corrected chi connectivity index (χ0v) is 39.5. The van der Waals surface area contributed by atoms with Gasteiger partial charge in [-0.05, 0) is 109 Å². The van der Waals surface area contributed by atoms with E-state index in [0.717, 1.165) is 13.0 Å². The van der Waals surface area contributed by atoms with Gasteiger partial charge in [-0.15, -0.1) is 0 Å². The Hall–Kier alpha value is -5.55. The number of Topliss-reactive ketones (excluding diaryl/α,β-unsaturated/α-hetero) is 3. The van der Waals surface area contributed by atoms with Crippen molar-refractivity contribution in [2.75, 3.05) is 39.5 Å². The summed E-state index contributed by atoms with van der Waals surface area (Å²) in [4.78, 5) is 109. The summed E-state index contributed by atoms with van der Waals surface area (Å²) in [5, 5.41) is 22.3. The molecule has 1 saturated heterocycles. The fourth-order valence-corrected chi connectivity index (χ4v) is 8.28. The summed E-state index contributed by atoms with van der Waals surface area (Å²) < 4.78 is 0. The molecule has 6 N–H and O–H groups in total. The average Bonchev–Trinajstić information content (AvgIpc) is 3.76. The minimum Gasteiger partial charge on any atom is -0.359 e. The van der Waals surface area contributed by atoms with Gasteiger partial charge in [-0.3, -0.25) is 38.9 Å². The largest absolute Gasteiger partial charge is 0.359 e. The van der Waals surface area contributed by atoms with Crippen LogP contribution < -0.4 is 27.0 Å². The van der Waals surface area contributed by atoms with Crippen LogP contribution in [-0.4, -0.2) is 114 Å². The number of hydrogen-bond acceptors (Lipinski definition) is 11. The smallest absolute Gasteiger partial charge is 0.316 e. The van der Waals surface area contributed by atoms with Crippen molar-refractivity contribution in [3.63, 3.8) is 0 Å². The summed E-state index contributed by atoms with van der Waals surface area (Å²) in [6.07, 6.45) is 3.18. The number of rotatable bonds is 28. The molecule has 1 fully saturated rings. The molecule has 2 aromatic carbocycles. The van der Waals surface area contributed by atoms with Crippen LogP contribution in [0.3, 0.4) is 0 Å². The van der Waals surface area contributed by atoms with Crippen molar-refractivity contribution in [2.45, 2.75) is 129 Å². The number of nitro groups is 1. The highest BCUT2D eigenvalue weighted by Crippen LogP contribution is 2.28. The number of likely N-dealkylation sites (N-methyl/N-ethyl adjacent to an activating group) is 1. The summed E-state index contributed by atoms with van der Waals surface area (Å²) in [6, 6.07) is 9.79. The lowest BCUT2D eigenvalue weighted by Gasteiger charge is -2.30. The minimum atomic E-state index is -0.978. The van der Waals surface area contributed by atoms with Crippen LogP contribution in [0, 0.1) is 33.8 Å². The van der Waals surface area contributed by atoms with E-state index in [1.807, 2.05) is 20.9 Å². The van der Waals surface area contributed by atoms with Crippen LogP contribution in [0.4, 0.5) is 16.2 Å². The number of nitrogens with two attached hydrogens (primary N) is 1. The van der Waals surface area contributed by atoms with Crippen molar-refractivity contribution in [3.8, 4) is 0 Å². The third-order valence-electron chi connectivity index (χ3n) is 12.4. The molecule has 0 saturated carbocycles. The molecule has 1 aliphatic rings. The van der Waals surface area contributed by atoms with Crippen molar-refractivity contribution in [3.05, 3.63) is 69.8 Å². The Morgan fingerprint density at radius 1 is 0.815 bits per heavy atom. The van der Waals surface area contributed by atoms with E-state index in [1.54, 1.807) is 55.3 Å². The van der Waals surface area contributed by atoms with Gasteiger partial charge in [0.05, 0.1) is 23.0 Å². The second-order valence-electron chi connectivity index (χ2n) is 18.2. The first-order chi connectivity index (χ1) is 30.7. The first-order valence-corrected chi connectivity index (χ1v) is 22.9. The maximum atomic E-state index is 14.5. The van der Waals surface area contributed by atoms with E-state index in [0.29, 0.717) is 55.1 Å². The first kappa shape index (κ1) is 53.8. The molecule has 0 bridgehead atoms. The van der Waals surface area contributed by atoms with Crippen molar-refractivity contribution < 1.29 is 38.5 Å². The molecule has 2 aromatic rings. The number of primary amides is 1. The van der Waals surface area contributed by atoms with Crippen molar-refractivity contribution in [1.82, 2.24) is 25.8 Å². The van der Waals surface area contributed by atoms with Crippen LogP contribution in [0.15, 0.2) is 48.5 Å². The number of carbonyl (C=O) groups excluding carboxylic acids is 7. The van der Waals surface area contributed by atoms with Crippen molar-refractivity contribution in [1.29, 1.82) is 0 Å². The van der Waals surface area contributed by atoms with E-state index in [1.165, 1.54) is 19.2 Å². The van der Waals surface area contributed by atoms with Gasteiger partial charge in [0.25, 0.3) is 5.69 Å². The van der Waals surface area contributed by atoms with Gasteiger partial charge in [0.15, 0.2) is 17.3 Å². The molecule has 3 rings (SSSR count).